The topological polar surface area (TPSA) is 234 Å². The van der Waals surface area contributed by atoms with Gasteiger partial charge >= 0.3 is 5.97 Å². The minimum absolute atomic E-state index is 0.0507. The molecule has 2 saturated heterocycles. The number of nitrogens with zero attached hydrogens (tertiary/aromatic N) is 5. The number of thioether (sulfide) groups is 1. The molecule has 2 fully saturated rings. The van der Waals surface area contributed by atoms with Crippen molar-refractivity contribution in [3.05, 3.63) is 124 Å². The Hall–Kier alpha value is -8.38. The molecule has 22 nitrogen and oxygen atoms in total. The molecular formula is C64H71N7O15S. The van der Waals surface area contributed by atoms with E-state index in [9.17, 15) is 33.6 Å². The highest BCUT2D eigenvalue weighted by atomic mass is 32.2. The van der Waals surface area contributed by atoms with Crippen LogP contribution in [0.5, 0.6) is 23.0 Å². The van der Waals surface area contributed by atoms with Crippen LogP contribution in [0.15, 0.2) is 91.0 Å². The number of hydrogen-bond acceptors (Lipinski definition) is 19. The molecule has 6 aliphatic heterocycles. The third kappa shape index (κ3) is 13.2. The normalized spacial score (nSPS) is 18.5. The smallest absolute Gasteiger partial charge is 0.335 e. The average Bonchev–Trinajstić information content (AvgIpc) is 3.32. The summed E-state index contributed by atoms with van der Waals surface area (Å²) in [5.74, 6) is -1.78. The lowest BCUT2D eigenvalue weighted by Gasteiger charge is -2.35. The van der Waals surface area contributed by atoms with E-state index in [0.29, 0.717) is 103 Å². The molecular weight excluding hydrogens is 1140 g/mol. The van der Waals surface area contributed by atoms with Crippen molar-refractivity contribution in [2.24, 2.45) is 0 Å². The monoisotopic (exact) mass is 1210 g/mol. The van der Waals surface area contributed by atoms with Crippen molar-refractivity contribution in [2.45, 2.75) is 87.7 Å². The molecule has 0 aromatic heterocycles. The maximum absolute atomic E-state index is 14.3. The summed E-state index contributed by atoms with van der Waals surface area (Å²) in [5.41, 5.74) is 8.46. The predicted octanol–water partition coefficient (Wildman–Crippen LogP) is 6.98. The highest BCUT2D eigenvalue weighted by Crippen LogP contribution is 2.44. The summed E-state index contributed by atoms with van der Waals surface area (Å²) in [6.45, 7) is 7.41. The van der Waals surface area contributed by atoms with E-state index in [1.165, 1.54) is 26.0 Å². The van der Waals surface area contributed by atoms with Gasteiger partial charge in [-0.25, -0.2) is 4.79 Å². The number of methoxy groups -OCH3 is 3. The number of carbonyl (C=O) groups excluding carboxylic acids is 7. The predicted molar refractivity (Wildman–Crippen MR) is 324 cm³/mol. The summed E-state index contributed by atoms with van der Waals surface area (Å²) >= 11 is 1.34. The van der Waals surface area contributed by atoms with Gasteiger partial charge in [-0.3, -0.25) is 33.7 Å². The van der Waals surface area contributed by atoms with Crippen molar-refractivity contribution >= 4 is 81.6 Å². The molecule has 5 aromatic carbocycles. The number of rotatable bonds is 26. The fourth-order valence-electron chi connectivity index (χ4n) is 12.0. The number of ether oxygens (including phenoxy) is 7. The molecule has 6 heterocycles. The standard InChI is InChI=1S/C64H71N7O15S/c1-64(2,87-56-33-59(74)68(63(56)78)17-16-60(75)86-71-57(72)14-15-58(71)73)38-67(18-19-82-22-23-83-21-20-79-3)43-25-39(36-84-54-31-48-46(29-52(54)80-4)61(76)69-44(34-65-48)27-41-10-6-8-12-50(41)69)24-40(26-43)37-85-55-32-49-47(30-53(55)81-5)62(77)70-45(35-66-49)28-42-11-7-9-13-51(42)70/h6-13,24-26,29-32,44-45,56,65-66H,14-23,27-28,33-38H2,1-5H3/t44-,45+,56?. The average molecular weight is 1210 g/mol. The molecule has 0 radical (unpaired) electrons. The quantitative estimate of drug-likeness (QED) is 0.0420. The van der Waals surface area contributed by atoms with Gasteiger partial charge in [-0.05, 0) is 91.4 Å². The molecule has 0 aliphatic carbocycles. The van der Waals surface area contributed by atoms with Crippen LogP contribution < -0.4 is 44.3 Å². The van der Waals surface area contributed by atoms with Crippen molar-refractivity contribution in [1.82, 2.24) is 9.96 Å². The molecule has 0 spiro atoms. The minimum Gasteiger partial charge on any atom is -0.493 e. The zero-order valence-corrected chi connectivity index (χ0v) is 50.2. The Bertz CT molecular complexity index is 3320. The molecule has 0 saturated carbocycles. The van der Waals surface area contributed by atoms with Crippen LogP contribution in [0, 0.1) is 0 Å². The molecule has 458 valence electrons. The SMILES string of the molecule is COCCOCCOCCN(CC(C)(C)SC1CC(=O)N(CCC(=O)ON2C(=O)CCC2=O)C1=O)c1cc(COc2cc3c(cc2OC)C(=O)N2c4ccccc4C[C@H]2CN3)cc(COc2cc3c(cc2OC)C(=O)N2c4ccccc4C[C@@H]2CN3)c1. The maximum Gasteiger partial charge on any atom is 0.335 e. The number of hydroxylamine groups is 2. The van der Waals surface area contributed by atoms with Crippen LogP contribution in [0.1, 0.15) is 82.5 Å². The molecule has 5 aromatic rings. The molecule has 23 heteroatoms. The molecule has 2 N–H and O–H groups in total. The first kappa shape index (κ1) is 60.3. The number of anilines is 5. The van der Waals surface area contributed by atoms with Gasteiger partial charge in [0.2, 0.25) is 11.8 Å². The first-order valence-corrected chi connectivity index (χ1v) is 30.1. The molecule has 6 amide bonds. The number of amides is 6. The minimum atomic E-state index is -0.914. The van der Waals surface area contributed by atoms with Crippen LogP contribution in [0.25, 0.3) is 0 Å². The first-order valence-electron chi connectivity index (χ1n) is 29.2. The van der Waals surface area contributed by atoms with E-state index in [1.807, 2.05) is 90.4 Å². The van der Waals surface area contributed by atoms with Crippen LogP contribution in [-0.4, -0.2) is 161 Å². The molecule has 6 aliphatic rings. The Labute approximate surface area is 508 Å². The number of carbonyl (C=O) groups is 7. The Balaban J connectivity index is 0.868. The van der Waals surface area contributed by atoms with E-state index in [-0.39, 0.29) is 69.5 Å². The van der Waals surface area contributed by atoms with Gasteiger partial charge in [0.05, 0.1) is 93.5 Å². The largest absolute Gasteiger partial charge is 0.493 e. The van der Waals surface area contributed by atoms with E-state index in [0.717, 1.165) is 57.1 Å². The summed E-state index contributed by atoms with van der Waals surface area (Å²) < 4.78 is 41.4. The Morgan fingerprint density at radius 1 is 0.632 bits per heavy atom. The molecule has 0 bridgehead atoms. The molecule has 1 unspecified atom stereocenters. The lowest BCUT2D eigenvalue weighted by Crippen LogP contribution is -2.41. The lowest BCUT2D eigenvalue weighted by molar-refractivity contribution is -0.197. The maximum atomic E-state index is 14.3. The van der Waals surface area contributed by atoms with Crippen LogP contribution >= 0.6 is 11.8 Å². The highest BCUT2D eigenvalue weighted by molar-refractivity contribution is 8.02. The number of benzene rings is 5. The van der Waals surface area contributed by atoms with Gasteiger partial charge in [0.15, 0.2) is 23.0 Å². The number of hydrogen-bond donors (Lipinski definition) is 2. The van der Waals surface area contributed by atoms with E-state index < -0.39 is 46.0 Å². The number of para-hydroxylation sites is 2. The number of likely N-dealkylation sites (tertiary alicyclic amines) is 1. The van der Waals surface area contributed by atoms with Crippen molar-refractivity contribution < 1.29 is 71.6 Å². The van der Waals surface area contributed by atoms with Crippen molar-refractivity contribution in [2.75, 3.05) is 112 Å². The molecule has 87 heavy (non-hydrogen) atoms. The third-order valence-corrected chi connectivity index (χ3v) is 17.6. The van der Waals surface area contributed by atoms with Crippen LogP contribution in [0.4, 0.5) is 28.4 Å². The van der Waals surface area contributed by atoms with Gasteiger partial charge in [-0.15, -0.1) is 16.8 Å². The van der Waals surface area contributed by atoms with E-state index in [4.69, 9.17) is 38.0 Å². The zero-order chi connectivity index (χ0) is 60.9. The molecule has 11 rings (SSSR count). The summed E-state index contributed by atoms with van der Waals surface area (Å²) in [7, 11) is 4.68. The first-order chi connectivity index (χ1) is 42.1. The Morgan fingerprint density at radius 2 is 1.16 bits per heavy atom. The molecule has 3 atom stereocenters. The zero-order valence-electron chi connectivity index (χ0n) is 49.4. The summed E-state index contributed by atoms with van der Waals surface area (Å²) in [5, 5.41) is 6.70. The highest BCUT2D eigenvalue weighted by Gasteiger charge is 2.44. The van der Waals surface area contributed by atoms with Crippen molar-refractivity contribution in [1.29, 1.82) is 0 Å². The number of nitrogens with one attached hydrogen (secondary N) is 2. The lowest BCUT2D eigenvalue weighted by atomic mass is 10.1. The van der Waals surface area contributed by atoms with E-state index in [1.54, 1.807) is 19.2 Å². The number of fused-ring (bicyclic) bond motifs is 8. The van der Waals surface area contributed by atoms with Crippen LogP contribution in [0.2, 0.25) is 0 Å². The Morgan fingerprint density at radius 3 is 1.70 bits per heavy atom. The second-order valence-corrected chi connectivity index (χ2v) is 24.6. The van der Waals surface area contributed by atoms with Gasteiger partial charge in [-0.2, -0.15) is 0 Å². The van der Waals surface area contributed by atoms with E-state index in [2.05, 4.69) is 27.7 Å². The van der Waals surface area contributed by atoms with Crippen LogP contribution in [-0.2, 0) is 69.1 Å². The second kappa shape index (κ2) is 26.3. The fourth-order valence-corrected chi connectivity index (χ4v) is 13.5. The van der Waals surface area contributed by atoms with E-state index >= 15 is 0 Å². The Kier molecular flexibility index (Phi) is 18.2. The summed E-state index contributed by atoms with van der Waals surface area (Å²) in [4.78, 5) is 105. The van der Waals surface area contributed by atoms with Crippen molar-refractivity contribution in [3.8, 4) is 23.0 Å². The van der Waals surface area contributed by atoms with Gasteiger partial charge < -0.3 is 63.3 Å². The fraction of sp³-hybridized carbons (Fsp3) is 0.422. The number of imide groups is 2. The second-order valence-electron chi connectivity index (χ2n) is 22.7. The summed E-state index contributed by atoms with van der Waals surface area (Å²) in [6.07, 6.45) is 0.820. The van der Waals surface area contributed by atoms with Gasteiger partial charge in [0, 0.05) is 93.0 Å². The van der Waals surface area contributed by atoms with Crippen LogP contribution in [0.3, 0.4) is 0 Å². The third-order valence-electron chi connectivity index (χ3n) is 16.2. The van der Waals surface area contributed by atoms with Gasteiger partial charge in [0.1, 0.15) is 13.2 Å². The summed E-state index contributed by atoms with van der Waals surface area (Å²) in [6, 6.07) is 28.9. The van der Waals surface area contributed by atoms with Gasteiger partial charge in [0.25, 0.3) is 23.6 Å². The van der Waals surface area contributed by atoms with Gasteiger partial charge in [-0.1, -0.05) is 36.4 Å². The van der Waals surface area contributed by atoms with Crippen molar-refractivity contribution in [3.63, 3.8) is 0 Å².